The van der Waals surface area contributed by atoms with Crippen molar-refractivity contribution in [1.82, 2.24) is 4.90 Å². The Morgan fingerprint density at radius 3 is 2.50 bits per heavy atom. The van der Waals surface area contributed by atoms with E-state index in [1.807, 2.05) is 13.8 Å². The molecule has 1 saturated heterocycles. The fourth-order valence-corrected chi connectivity index (χ4v) is 2.78. The molecular weight excluding hydrogens is 302 g/mol. The van der Waals surface area contributed by atoms with Crippen LogP contribution >= 0.6 is 11.6 Å². The van der Waals surface area contributed by atoms with Gasteiger partial charge in [0.1, 0.15) is 12.3 Å². The van der Waals surface area contributed by atoms with Crippen LogP contribution in [0, 0.1) is 13.8 Å². The van der Waals surface area contributed by atoms with Gasteiger partial charge in [-0.15, -0.1) is 0 Å². The third-order valence-electron chi connectivity index (χ3n) is 3.88. The van der Waals surface area contributed by atoms with Crippen LogP contribution in [-0.2, 0) is 9.59 Å². The molecule has 1 aliphatic rings. The summed E-state index contributed by atoms with van der Waals surface area (Å²) in [6.07, 6.45) is 4.56. The van der Waals surface area contributed by atoms with Crippen molar-refractivity contribution in [2.24, 2.45) is 0 Å². The molecule has 1 aromatic carbocycles. The van der Waals surface area contributed by atoms with Gasteiger partial charge in [-0.1, -0.05) is 24.4 Å². The van der Waals surface area contributed by atoms with Gasteiger partial charge in [0.15, 0.2) is 0 Å². The van der Waals surface area contributed by atoms with Crippen LogP contribution in [0.4, 0.5) is 0 Å². The molecule has 0 aliphatic carbocycles. The molecule has 1 aliphatic heterocycles. The maximum atomic E-state index is 12.1. The highest BCUT2D eigenvalue weighted by molar-refractivity contribution is 6.32. The number of ether oxygens (including phenoxy) is 1. The third kappa shape index (κ3) is 4.47. The lowest BCUT2D eigenvalue weighted by atomic mass is 10.1. The number of hydrogen-bond acceptors (Lipinski definition) is 3. The van der Waals surface area contributed by atoms with E-state index in [1.165, 1.54) is 0 Å². The van der Waals surface area contributed by atoms with Gasteiger partial charge in [0.05, 0.1) is 0 Å². The molecule has 1 fully saturated rings. The summed E-state index contributed by atoms with van der Waals surface area (Å²) in [5.41, 5.74) is 1.73. The molecule has 5 heteroatoms. The summed E-state index contributed by atoms with van der Waals surface area (Å²) in [7, 11) is 0. The van der Waals surface area contributed by atoms with Crippen molar-refractivity contribution in [1.29, 1.82) is 0 Å². The van der Waals surface area contributed by atoms with Crippen molar-refractivity contribution in [2.75, 3.05) is 13.1 Å². The zero-order valence-electron chi connectivity index (χ0n) is 13.2. The minimum atomic E-state index is -0.407. The first-order chi connectivity index (χ1) is 10.5. The summed E-state index contributed by atoms with van der Waals surface area (Å²) in [4.78, 5) is 25.7. The van der Waals surface area contributed by atoms with E-state index in [-0.39, 0.29) is 12.5 Å². The SMILES string of the molecule is Cc1cc(OC(=O)CN2CCCCCCC2=O)cc(C)c1Cl. The second-order valence-corrected chi connectivity index (χ2v) is 6.20. The van der Waals surface area contributed by atoms with E-state index in [0.29, 0.717) is 23.7 Å². The normalized spacial score (nSPS) is 16.1. The smallest absolute Gasteiger partial charge is 0.331 e. The number of benzene rings is 1. The second kappa shape index (κ2) is 7.63. The lowest BCUT2D eigenvalue weighted by Crippen LogP contribution is -2.38. The zero-order valence-corrected chi connectivity index (χ0v) is 13.9. The van der Waals surface area contributed by atoms with Gasteiger partial charge in [-0.25, -0.2) is 4.79 Å². The molecule has 2 rings (SSSR count). The highest BCUT2D eigenvalue weighted by atomic mass is 35.5. The molecule has 1 heterocycles. The summed E-state index contributed by atoms with van der Waals surface area (Å²) in [5.74, 6) is 0.110. The first-order valence-electron chi connectivity index (χ1n) is 7.72. The molecule has 0 N–H and O–H groups in total. The fourth-order valence-electron chi connectivity index (χ4n) is 2.67. The first kappa shape index (κ1) is 16.8. The standard InChI is InChI=1S/C17H22ClNO3/c1-12-9-14(10-13(2)17(12)18)22-16(21)11-19-8-6-4-3-5-7-15(19)20/h9-10H,3-8,11H2,1-2H3. The van der Waals surface area contributed by atoms with Crippen LogP contribution in [0.15, 0.2) is 12.1 Å². The molecule has 22 heavy (non-hydrogen) atoms. The average Bonchev–Trinajstić information content (AvgIpc) is 2.44. The fraction of sp³-hybridized carbons (Fsp3) is 0.529. The van der Waals surface area contributed by atoms with Crippen LogP contribution in [0.5, 0.6) is 5.75 Å². The molecular formula is C17H22ClNO3. The summed E-state index contributed by atoms with van der Waals surface area (Å²) < 4.78 is 5.36. The van der Waals surface area contributed by atoms with Gasteiger partial charge < -0.3 is 9.64 Å². The van der Waals surface area contributed by atoms with Gasteiger partial charge in [0, 0.05) is 18.0 Å². The highest BCUT2D eigenvalue weighted by Crippen LogP contribution is 2.26. The van der Waals surface area contributed by atoms with E-state index in [0.717, 1.165) is 36.8 Å². The molecule has 0 spiro atoms. The molecule has 120 valence electrons. The molecule has 0 bridgehead atoms. The summed E-state index contributed by atoms with van der Waals surface area (Å²) in [6.45, 7) is 4.38. The highest BCUT2D eigenvalue weighted by Gasteiger charge is 2.19. The number of amides is 1. The average molecular weight is 324 g/mol. The number of hydrogen-bond donors (Lipinski definition) is 0. The van der Waals surface area contributed by atoms with E-state index in [9.17, 15) is 9.59 Å². The Kier molecular flexibility index (Phi) is 5.83. The van der Waals surface area contributed by atoms with Gasteiger partial charge >= 0.3 is 5.97 Å². The van der Waals surface area contributed by atoms with Crippen molar-refractivity contribution >= 4 is 23.5 Å². The van der Waals surface area contributed by atoms with Crippen molar-refractivity contribution in [2.45, 2.75) is 46.0 Å². The Morgan fingerprint density at radius 1 is 1.18 bits per heavy atom. The van der Waals surface area contributed by atoms with Crippen LogP contribution in [0.2, 0.25) is 5.02 Å². The van der Waals surface area contributed by atoms with Crippen LogP contribution in [0.25, 0.3) is 0 Å². The van der Waals surface area contributed by atoms with E-state index in [1.54, 1.807) is 17.0 Å². The largest absolute Gasteiger partial charge is 0.425 e. The molecule has 0 aromatic heterocycles. The predicted octanol–water partition coefficient (Wildman–Crippen LogP) is 3.65. The number of carbonyl (C=O) groups is 2. The minimum absolute atomic E-state index is 0.0134. The zero-order chi connectivity index (χ0) is 16.1. The number of esters is 1. The van der Waals surface area contributed by atoms with Crippen LogP contribution in [-0.4, -0.2) is 29.9 Å². The lowest BCUT2D eigenvalue weighted by Gasteiger charge is -2.23. The first-order valence-corrected chi connectivity index (χ1v) is 8.10. The third-order valence-corrected chi connectivity index (χ3v) is 4.48. The van der Waals surface area contributed by atoms with Gasteiger partial charge in [0.25, 0.3) is 0 Å². The maximum absolute atomic E-state index is 12.1. The van der Waals surface area contributed by atoms with E-state index in [2.05, 4.69) is 0 Å². The quantitative estimate of drug-likeness (QED) is 0.630. The second-order valence-electron chi connectivity index (χ2n) is 5.82. The van der Waals surface area contributed by atoms with Gasteiger partial charge in [-0.3, -0.25) is 4.79 Å². The van der Waals surface area contributed by atoms with E-state index >= 15 is 0 Å². The van der Waals surface area contributed by atoms with Gasteiger partial charge in [-0.2, -0.15) is 0 Å². The van der Waals surface area contributed by atoms with Gasteiger partial charge in [0.2, 0.25) is 5.91 Å². The van der Waals surface area contributed by atoms with E-state index < -0.39 is 5.97 Å². The molecule has 0 atom stereocenters. The number of aryl methyl sites for hydroxylation is 2. The minimum Gasteiger partial charge on any atom is -0.425 e. The summed E-state index contributed by atoms with van der Waals surface area (Å²) >= 11 is 6.10. The maximum Gasteiger partial charge on any atom is 0.331 e. The lowest BCUT2D eigenvalue weighted by molar-refractivity contribution is -0.143. The number of rotatable bonds is 3. The van der Waals surface area contributed by atoms with Crippen molar-refractivity contribution < 1.29 is 14.3 Å². The Labute approximate surface area is 136 Å². The van der Waals surface area contributed by atoms with Crippen LogP contribution < -0.4 is 4.74 Å². The Balaban J connectivity index is 1.98. The molecule has 0 radical (unpaired) electrons. The molecule has 4 nitrogen and oxygen atoms in total. The number of likely N-dealkylation sites (tertiary alicyclic amines) is 1. The van der Waals surface area contributed by atoms with Crippen LogP contribution in [0.3, 0.4) is 0 Å². The molecule has 1 aromatic rings. The Bertz CT molecular complexity index is 548. The predicted molar refractivity (Wildman–Crippen MR) is 86.2 cm³/mol. The Hall–Kier alpha value is -1.55. The van der Waals surface area contributed by atoms with Gasteiger partial charge in [-0.05, 0) is 49.9 Å². The molecule has 0 saturated carbocycles. The number of carbonyl (C=O) groups excluding carboxylic acids is 2. The van der Waals surface area contributed by atoms with Crippen molar-refractivity contribution in [3.63, 3.8) is 0 Å². The monoisotopic (exact) mass is 323 g/mol. The van der Waals surface area contributed by atoms with Crippen molar-refractivity contribution in [3.8, 4) is 5.75 Å². The molecule has 0 unspecified atom stereocenters. The number of halogens is 1. The summed E-state index contributed by atoms with van der Waals surface area (Å²) in [5, 5.41) is 0.679. The van der Waals surface area contributed by atoms with E-state index in [4.69, 9.17) is 16.3 Å². The number of nitrogens with zero attached hydrogens (tertiary/aromatic N) is 1. The van der Waals surface area contributed by atoms with Crippen molar-refractivity contribution in [3.05, 3.63) is 28.3 Å². The van der Waals surface area contributed by atoms with Crippen LogP contribution in [0.1, 0.15) is 43.2 Å². The summed E-state index contributed by atoms with van der Waals surface area (Å²) in [6, 6.07) is 3.48. The topological polar surface area (TPSA) is 46.6 Å². The Morgan fingerprint density at radius 2 is 1.82 bits per heavy atom. The molecule has 1 amide bonds.